The molecule has 0 radical (unpaired) electrons. The molecule has 22 heavy (non-hydrogen) atoms. The van der Waals surface area contributed by atoms with E-state index in [0.29, 0.717) is 23.9 Å². The van der Waals surface area contributed by atoms with E-state index in [-0.39, 0.29) is 0 Å². The number of benzene rings is 1. The quantitative estimate of drug-likeness (QED) is 0.799. The second-order valence-corrected chi connectivity index (χ2v) is 7.09. The Morgan fingerprint density at radius 2 is 2.05 bits per heavy atom. The van der Waals surface area contributed by atoms with Crippen LogP contribution < -0.4 is 5.32 Å². The van der Waals surface area contributed by atoms with E-state index in [1.165, 1.54) is 0 Å². The number of nitrogens with one attached hydrogen (secondary N) is 1. The van der Waals surface area contributed by atoms with Crippen LogP contribution in [0.5, 0.6) is 0 Å². The normalized spacial score (nSPS) is 12.5. The number of aromatic nitrogens is 1. The molecule has 1 atom stereocenters. The van der Waals surface area contributed by atoms with Crippen LogP contribution >= 0.6 is 22.9 Å². The molecule has 0 saturated carbocycles. The Labute approximate surface area is 139 Å². The number of carbonyl (C=O) groups is 1. The molecule has 0 aliphatic heterocycles. The maximum Gasteiger partial charge on any atom is 0.320 e. The smallest absolute Gasteiger partial charge is 0.320 e. The van der Waals surface area contributed by atoms with Gasteiger partial charge in [0.1, 0.15) is 11.0 Å². The molecular weight excluding hydrogens is 320 g/mol. The van der Waals surface area contributed by atoms with Gasteiger partial charge in [0, 0.05) is 28.2 Å². The van der Waals surface area contributed by atoms with Crippen LogP contribution in [0.15, 0.2) is 30.5 Å². The molecule has 4 nitrogen and oxygen atoms in total. The highest BCUT2D eigenvalue weighted by Gasteiger charge is 2.18. The van der Waals surface area contributed by atoms with Crippen molar-refractivity contribution in [3.8, 4) is 10.6 Å². The van der Waals surface area contributed by atoms with Crippen LogP contribution in [0.1, 0.15) is 25.1 Å². The Morgan fingerprint density at radius 3 is 2.64 bits per heavy atom. The van der Waals surface area contributed by atoms with Gasteiger partial charge in [0.25, 0.3) is 0 Å². The second-order valence-electron chi connectivity index (χ2n) is 5.54. The van der Waals surface area contributed by atoms with Gasteiger partial charge in [-0.1, -0.05) is 37.6 Å². The fourth-order valence-corrected chi connectivity index (χ4v) is 3.08. The molecule has 1 heterocycles. The molecular formula is C16H19ClN2O2S. The van der Waals surface area contributed by atoms with E-state index in [2.05, 4.69) is 10.3 Å². The number of thiazole rings is 1. The maximum absolute atomic E-state index is 11.2. The van der Waals surface area contributed by atoms with Gasteiger partial charge in [-0.25, -0.2) is 4.98 Å². The summed E-state index contributed by atoms with van der Waals surface area (Å²) < 4.78 is 0. The highest BCUT2D eigenvalue weighted by molar-refractivity contribution is 7.15. The number of aliphatic carboxylic acids is 1. The van der Waals surface area contributed by atoms with Crippen molar-refractivity contribution in [1.82, 2.24) is 10.3 Å². The molecule has 0 spiro atoms. The summed E-state index contributed by atoms with van der Waals surface area (Å²) in [6, 6.07) is 6.99. The van der Waals surface area contributed by atoms with Crippen LogP contribution in [0.2, 0.25) is 5.02 Å². The van der Waals surface area contributed by atoms with Crippen molar-refractivity contribution in [2.24, 2.45) is 5.92 Å². The minimum atomic E-state index is -0.809. The average Bonchev–Trinajstić information content (AvgIpc) is 2.92. The number of halogens is 1. The van der Waals surface area contributed by atoms with Crippen molar-refractivity contribution >= 4 is 28.9 Å². The highest BCUT2D eigenvalue weighted by atomic mass is 35.5. The second kappa shape index (κ2) is 7.72. The first-order chi connectivity index (χ1) is 10.5. The molecule has 2 rings (SSSR count). The zero-order chi connectivity index (χ0) is 16.1. The van der Waals surface area contributed by atoms with Crippen molar-refractivity contribution in [1.29, 1.82) is 0 Å². The molecule has 2 aromatic rings. The summed E-state index contributed by atoms with van der Waals surface area (Å²) in [4.78, 5) is 16.6. The number of rotatable bonds is 7. The van der Waals surface area contributed by atoms with Gasteiger partial charge in [0.15, 0.2) is 0 Å². The highest BCUT2D eigenvalue weighted by Crippen LogP contribution is 2.26. The van der Waals surface area contributed by atoms with E-state index in [1.807, 2.05) is 38.1 Å². The molecule has 0 bridgehead atoms. The molecule has 1 aromatic carbocycles. The summed E-state index contributed by atoms with van der Waals surface area (Å²) in [6.45, 7) is 4.54. The maximum atomic E-state index is 11.2. The summed E-state index contributed by atoms with van der Waals surface area (Å²) in [5.41, 5.74) is 1.01. The summed E-state index contributed by atoms with van der Waals surface area (Å²) >= 11 is 7.43. The zero-order valence-corrected chi connectivity index (χ0v) is 14.1. The van der Waals surface area contributed by atoms with Crippen LogP contribution in [0.25, 0.3) is 10.6 Å². The number of hydrogen-bond acceptors (Lipinski definition) is 4. The van der Waals surface area contributed by atoms with E-state index in [4.69, 9.17) is 11.6 Å². The van der Waals surface area contributed by atoms with Gasteiger partial charge in [-0.05, 0) is 24.5 Å². The molecule has 2 N–H and O–H groups in total. The van der Waals surface area contributed by atoms with E-state index in [9.17, 15) is 9.90 Å². The Morgan fingerprint density at radius 1 is 1.36 bits per heavy atom. The molecule has 0 fully saturated rings. The zero-order valence-electron chi connectivity index (χ0n) is 12.5. The molecule has 0 amide bonds. The standard InChI is InChI=1S/C16H19ClN2O2S/c1-10(2)7-14(16(20)21)18-8-13-9-19-15(22-13)11-3-5-12(17)6-4-11/h3-6,9-10,14,18H,7-8H2,1-2H3,(H,20,21). The third-order valence-corrected chi connectivity index (χ3v) is 4.47. The Kier molecular flexibility index (Phi) is 5.94. The number of nitrogens with zero attached hydrogens (tertiary/aromatic N) is 1. The van der Waals surface area contributed by atoms with Crippen molar-refractivity contribution in [3.05, 3.63) is 40.4 Å². The summed E-state index contributed by atoms with van der Waals surface area (Å²) in [5, 5.41) is 13.9. The number of hydrogen-bond donors (Lipinski definition) is 2. The fourth-order valence-electron chi connectivity index (χ4n) is 2.08. The van der Waals surface area contributed by atoms with Gasteiger partial charge in [0.05, 0.1) is 0 Å². The van der Waals surface area contributed by atoms with E-state index < -0.39 is 12.0 Å². The van der Waals surface area contributed by atoms with E-state index >= 15 is 0 Å². The average molecular weight is 339 g/mol. The lowest BCUT2D eigenvalue weighted by molar-refractivity contribution is -0.140. The predicted octanol–water partition coefficient (Wildman–Crippen LogP) is 4.05. The van der Waals surface area contributed by atoms with Gasteiger partial charge >= 0.3 is 5.97 Å². The first-order valence-electron chi connectivity index (χ1n) is 7.12. The lowest BCUT2D eigenvalue weighted by Gasteiger charge is -2.15. The van der Waals surface area contributed by atoms with Crippen LogP contribution in [0.4, 0.5) is 0 Å². The van der Waals surface area contributed by atoms with Crippen LogP contribution in [-0.4, -0.2) is 22.1 Å². The first kappa shape index (κ1) is 16.9. The van der Waals surface area contributed by atoms with Gasteiger partial charge in [0.2, 0.25) is 0 Å². The van der Waals surface area contributed by atoms with Crippen LogP contribution in [-0.2, 0) is 11.3 Å². The fraction of sp³-hybridized carbons (Fsp3) is 0.375. The monoisotopic (exact) mass is 338 g/mol. The molecule has 6 heteroatoms. The van der Waals surface area contributed by atoms with Gasteiger partial charge < -0.3 is 5.11 Å². The Bertz CT molecular complexity index is 625. The van der Waals surface area contributed by atoms with Crippen molar-refractivity contribution in [3.63, 3.8) is 0 Å². The minimum Gasteiger partial charge on any atom is -0.480 e. The van der Waals surface area contributed by atoms with Gasteiger partial charge in [-0.2, -0.15) is 0 Å². The van der Waals surface area contributed by atoms with Crippen LogP contribution in [0, 0.1) is 5.92 Å². The molecule has 1 unspecified atom stereocenters. The SMILES string of the molecule is CC(C)CC(NCc1cnc(-c2ccc(Cl)cc2)s1)C(=O)O. The molecule has 0 aliphatic carbocycles. The predicted molar refractivity (Wildman–Crippen MR) is 90.3 cm³/mol. The van der Waals surface area contributed by atoms with Crippen LogP contribution in [0.3, 0.4) is 0 Å². The van der Waals surface area contributed by atoms with E-state index in [1.54, 1.807) is 17.5 Å². The Balaban J connectivity index is 1.99. The molecule has 0 saturated heterocycles. The third-order valence-electron chi connectivity index (χ3n) is 3.17. The van der Waals surface area contributed by atoms with Gasteiger partial charge in [-0.3, -0.25) is 10.1 Å². The number of carboxylic acid groups (broad SMARTS) is 1. The number of carboxylic acids is 1. The van der Waals surface area contributed by atoms with E-state index in [0.717, 1.165) is 15.4 Å². The summed E-state index contributed by atoms with van der Waals surface area (Å²) in [6.07, 6.45) is 2.40. The van der Waals surface area contributed by atoms with Crippen molar-refractivity contribution < 1.29 is 9.90 Å². The minimum absolute atomic E-state index is 0.333. The lowest BCUT2D eigenvalue weighted by Crippen LogP contribution is -2.37. The summed E-state index contributed by atoms with van der Waals surface area (Å²) in [7, 11) is 0. The largest absolute Gasteiger partial charge is 0.480 e. The van der Waals surface area contributed by atoms with Crippen molar-refractivity contribution in [2.45, 2.75) is 32.9 Å². The van der Waals surface area contributed by atoms with Crippen molar-refractivity contribution in [2.75, 3.05) is 0 Å². The lowest BCUT2D eigenvalue weighted by atomic mass is 10.0. The Hall–Kier alpha value is -1.43. The van der Waals surface area contributed by atoms with Gasteiger partial charge in [-0.15, -0.1) is 11.3 Å². The topological polar surface area (TPSA) is 62.2 Å². The molecule has 118 valence electrons. The first-order valence-corrected chi connectivity index (χ1v) is 8.32. The molecule has 0 aliphatic rings. The summed E-state index contributed by atoms with van der Waals surface area (Å²) in [5.74, 6) is -0.476. The molecule has 1 aromatic heterocycles. The third kappa shape index (κ3) is 4.80.